The first-order valence-electron chi connectivity index (χ1n) is 4.62. The van der Waals surface area contributed by atoms with Crippen LogP contribution in [0.3, 0.4) is 0 Å². The van der Waals surface area contributed by atoms with Gasteiger partial charge in [0.05, 0.1) is 6.61 Å². The standard InChI is InChI=1S/C9H17NO/c1-7-6-11-9(2,10-7)8-4-3-5-8/h7-8,10H,3-6H2,1-2H3. The monoisotopic (exact) mass is 155 g/mol. The molecule has 2 aliphatic rings. The van der Waals surface area contributed by atoms with Crippen LogP contribution in [0.25, 0.3) is 0 Å². The first kappa shape index (κ1) is 7.56. The Balaban J connectivity index is 1.98. The van der Waals surface area contributed by atoms with Crippen LogP contribution in [0.1, 0.15) is 33.1 Å². The third-order valence-corrected chi connectivity index (χ3v) is 3.05. The minimum Gasteiger partial charge on any atom is -0.359 e. The van der Waals surface area contributed by atoms with Crippen molar-refractivity contribution in [2.45, 2.75) is 44.9 Å². The summed E-state index contributed by atoms with van der Waals surface area (Å²) in [6, 6.07) is 0.542. The van der Waals surface area contributed by atoms with Crippen LogP contribution in [-0.2, 0) is 4.74 Å². The van der Waals surface area contributed by atoms with E-state index in [1.54, 1.807) is 0 Å². The van der Waals surface area contributed by atoms with Gasteiger partial charge in [0.2, 0.25) is 0 Å². The SMILES string of the molecule is CC1COC(C)(C2CCC2)N1. The van der Waals surface area contributed by atoms with Gasteiger partial charge in [-0.25, -0.2) is 0 Å². The van der Waals surface area contributed by atoms with Crippen LogP contribution in [0.15, 0.2) is 0 Å². The second kappa shape index (κ2) is 2.46. The normalized spacial score (nSPS) is 45.8. The van der Waals surface area contributed by atoms with Gasteiger partial charge in [-0.3, -0.25) is 5.32 Å². The van der Waals surface area contributed by atoms with E-state index < -0.39 is 0 Å². The van der Waals surface area contributed by atoms with Crippen LogP contribution in [0.5, 0.6) is 0 Å². The summed E-state index contributed by atoms with van der Waals surface area (Å²) < 4.78 is 5.75. The Morgan fingerprint density at radius 2 is 2.18 bits per heavy atom. The Labute approximate surface area is 68.3 Å². The molecule has 2 atom stereocenters. The number of rotatable bonds is 1. The number of nitrogens with one attached hydrogen (secondary N) is 1. The summed E-state index contributed by atoms with van der Waals surface area (Å²) in [7, 11) is 0. The highest BCUT2D eigenvalue weighted by atomic mass is 16.5. The molecule has 0 spiro atoms. The lowest BCUT2D eigenvalue weighted by Crippen LogP contribution is -2.49. The topological polar surface area (TPSA) is 21.3 Å². The number of ether oxygens (including phenoxy) is 1. The summed E-state index contributed by atoms with van der Waals surface area (Å²) in [6.07, 6.45) is 4.08. The maximum atomic E-state index is 5.75. The lowest BCUT2D eigenvalue weighted by atomic mass is 9.78. The molecular weight excluding hydrogens is 138 g/mol. The summed E-state index contributed by atoms with van der Waals surface area (Å²) in [5.41, 5.74) is 0.0116. The lowest BCUT2D eigenvalue weighted by Gasteiger charge is -2.39. The minimum atomic E-state index is 0.0116. The molecule has 0 aromatic rings. The maximum Gasteiger partial charge on any atom is 0.119 e. The van der Waals surface area contributed by atoms with Gasteiger partial charge in [-0.2, -0.15) is 0 Å². The summed E-state index contributed by atoms with van der Waals surface area (Å²) in [5.74, 6) is 0.771. The summed E-state index contributed by atoms with van der Waals surface area (Å²) in [5, 5.41) is 3.51. The van der Waals surface area contributed by atoms with E-state index in [4.69, 9.17) is 4.74 Å². The molecule has 64 valence electrons. The molecule has 0 bridgehead atoms. The average Bonchev–Trinajstić information content (AvgIpc) is 2.06. The van der Waals surface area contributed by atoms with Gasteiger partial charge in [0.15, 0.2) is 0 Å². The van der Waals surface area contributed by atoms with Crippen molar-refractivity contribution >= 4 is 0 Å². The largest absolute Gasteiger partial charge is 0.359 e. The fourth-order valence-electron chi connectivity index (χ4n) is 2.07. The number of hydrogen-bond donors (Lipinski definition) is 1. The van der Waals surface area contributed by atoms with Crippen LogP contribution in [0.4, 0.5) is 0 Å². The molecule has 0 amide bonds. The van der Waals surface area contributed by atoms with E-state index in [0.717, 1.165) is 12.5 Å². The Hall–Kier alpha value is -0.0800. The summed E-state index contributed by atoms with van der Waals surface area (Å²) in [6.45, 7) is 5.26. The van der Waals surface area contributed by atoms with Gasteiger partial charge in [0.25, 0.3) is 0 Å². The van der Waals surface area contributed by atoms with E-state index in [1.807, 2.05) is 0 Å². The van der Waals surface area contributed by atoms with E-state index in [2.05, 4.69) is 19.2 Å². The molecule has 1 saturated heterocycles. The van der Waals surface area contributed by atoms with Crippen LogP contribution < -0.4 is 5.32 Å². The van der Waals surface area contributed by atoms with E-state index in [0.29, 0.717) is 6.04 Å². The van der Waals surface area contributed by atoms with E-state index in [1.165, 1.54) is 19.3 Å². The molecule has 0 aromatic carbocycles. The molecule has 1 heterocycles. The molecule has 2 rings (SSSR count). The molecule has 0 radical (unpaired) electrons. The predicted molar refractivity (Wildman–Crippen MR) is 44.3 cm³/mol. The van der Waals surface area contributed by atoms with Gasteiger partial charge >= 0.3 is 0 Å². The van der Waals surface area contributed by atoms with Crippen molar-refractivity contribution in [1.29, 1.82) is 0 Å². The molecule has 1 aliphatic heterocycles. The van der Waals surface area contributed by atoms with Gasteiger partial charge in [-0.1, -0.05) is 6.42 Å². The first-order valence-corrected chi connectivity index (χ1v) is 4.62. The van der Waals surface area contributed by atoms with Crippen molar-refractivity contribution in [3.8, 4) is 0 Å². The summed E-state index contributed by atoms with van der Waals surface area (Å²) >= 11 is 0. The van der Waals surface area contributed by atoms with Crippen molar-refractivity contribution < 1.29 is 4.74 Å². The second-order valence-corrected chi connectivity index (χ2v) is 4.09. The predicted octanol–water partition coefficient (Wildman–Crippen LogP) is 1.51. The zero-order valence-electron chi connectivity index (χ0n) is 7.39. The zero-order chi connectivity index (χ0) is 7.90. The van der Waals surface area contributed by atoms with E-state index >= 15 is 0 Å². The van der Waals surface area contributed by atoms with Gasteiger partial charge in [0.1, 0.15) is 5.72 Å². The van der Waals surface area contributed by atoms with E-state index in [-0.39, 0.29) is 5.72 Å². The van der Waals surface area contributed by atoms with Crippen molar-refractivity contribution in [2.24, 2.45) is 5.92 Å². The van der Waals surface area contributed by atoms with Gasteiger partial charge < -0.3 is 4.74 Å². The number of hydrogen-bond acceptors (Lipinski definition) is 2. The Kier molecular flexibility index (Phi) is 1.69. The Morgan fingerprint density at radius 1 is 1.45 bits per heavy atom. The average molecular weight is 155 g/mol. The van der Waals surface area contributed by atoms with Gasteiger partial charge in [-0.15, -0.1) is 0 Å². The van der Waals surface area contributed by atoms with E-state index in [9.17, 15) is 0 Å². The quantitative estimate of drug-likeness (QED) is 0.619. The van der Waals surface area contributed by atoms with Crippen molar-refractivity contribution in [2.75, 3.05) is 6.61 Å². The Morgan fingerprint density at radius 3 is 2.55 bits per heavy atom. The molecule has 2 unspecified atom stereocenters. The third kappa shape index (κ3) is 1.18. The van der Waals surface area contributed by atoms with Crippen molar-refractivity contribution in [1.82, 2.24) is 5.32 Å². The summed E-state index contributed by atoms with van der Waals surface area (Å²) in [4.78, 5) is 0. The van der Waals surface area contributed by atoms with Gasteiger partial charge in [-0.05, 0) is 26.7 Å². The lowest BCUT2D eigenvalue weighted by molar-refractivity contribution is -0.0693. The molecular formula is C9H17NO. The first-order chi connectivity index (χ1) is 5.21. The molecule has 1 saturated carbocycles. The fraction of sp³-hybridized carbons (Fsp3) is 1.00. The molecule has 11 heavy (non-hydrogen) atoms. The van der Waals surface area contributed by atoms with Crippen LogP contribution in [0, 0.1) is 5.92 Å². The molecule has 1 aliphatic carbocycles. The zero-order valence-corrected chi connectivity index (χ0v) is 7.39. The molecule has 2 nitrogen and oxygen atoms in total. The van der Waals surface area contributed by atoms with Crippen molar-refractivity contribution in [3.63, 3.8) is 0 Å². The second-order valence-electron chi connectivity index (χ2n) is 4.09. The smallest absolute Gasteiger partial charge is 0.119 e. The maximum absolute atomic E-state index is 5.75. The fourth-order valence-corrected chi connectivity index (χ4v) is 2.07. The van der Waals surface area contributed by atoms with Crippen LogP contribution in [0.2, 0.25) is 0 Å². The highest BCUT2D eigenvalue weighted by Crippen LogP contribution is 2.38. The van der Waals surface area contributed by atoms with Gasteiger partial charge in [0, 0.05) is 12.0 Å². The molecule has 2 heteroatoms. The Bertz CT molecular complexity index is 156. The third-order valence-electron chi connectivity index (χ3n) is 3.05. The molecule has 1 N–H and O–H groups in total. The van der Waals surface area contributed by atoms with Crippen LogP contribution >= 0.6 is 0 Å². The molecule has 2 fully saturated rings. The van der Waals surface area contributed by atoms with Crippen LogP contribution in [-0.4, -0.2) is 18.4 Å². The highest BCUT2D eigenvalue weighted by Gasteiger charge is 2.43. The minimum absolute atomic E-state index is 0.0116. The van der Waals surface area contributed by atoms with Crippen molar-refractivity contribution in [3.05, 3.63) is 0 Å². The highest BCUT2D eigenvalue weighted by molar-refractivity contribution is 4.92. The molecule has 0 aromatic heterocycles.